The summed E-state index contributed by atoms with van der Waals surface area (Å²) in [5.74, 6) is 0.885. The highest BCUT2D eigenvalue weighted by Crippen LogP contribution is 2.30. The average molecular weight is 326 g/mol. The first kappa shape index (κ1) is 17.7. The molecule has 1 aliphatic rings. The summed E-state index contributed by atoms with van der Waals surface area (Å²) in [6.45, 7) is 4.31. The minimum absolute atomic E-state index is 0.123. The Morgan fingerprint density at radius 2 is 1.92 bits per heavy atom. The lowest BCUT2D eigenvalue weighted by Crippen LogP contribution is -2.04. The molecule has 1 aromatic carbocycles. The van der Waals surface area contributed by atoms with Crippen LogP contribution in [0.2, 0.25) is 0 Å². The first-order chi connectivity index (χ1) is 11.4. The minimum Gasteiger partial charge on any atom is -0.506 e. The lowest BCUT2D eigenvalue weighted by atomic mass is 9.88. The molecule has 0 fully saturated rings. The van der Waals surface area contributed by atoms with Crippen molar-refractivity contribution in [3.8, 4) is 5.75 Å². The van der Waals surface area contributed by atoms with Crippen LogP contribution < -0.4 is 11.5 Å². The Labute approximate surface area is 143 Å². The van der Waals surface area contributed by atoms with Crippen molar-refractivity contribution in [1.29, 1.82) is 0 Å². The molecule has 2 rings (SSSR count). The second-order valence-electron chi connectivity index (χ2n) is 6.34. The number of phenolic OH excluding ortho intramolecular Hbond substituents is 1. The first-order valence-corrected chi connectivity index (χ1v) is 8.18. The number of aromatic hydroxyl groups is 1. The van der Waals surface area contributed by atoms with Crippen LogP contribution in [0.1, 0.15) is 38.2 Å². The van der Waals surface area contributed by atoms with E-state index in [4.69, 9.17) is 11.5 Å². The van der Waals surface area contributed by atoms with E-state index >= 15 is 0 Å². The van der Waals surface area contributed by atoms with E-state index in [0.717, 1.165) is 18.4 Å². The molecule has 6 N–H and O–H groups in total. The van der Waals surface area contributed by atoms with E-state index in [1.807, 2.05) is 24.3 Å². The molecule has 4 heteroatoms. The molecule has 2 unspecified atom stereocenters. The number of allylic oxidation sites excluding steroid dienone is 6. The molecule has 24 heavy (non-hydrogen) atoms. The number of nitrogens with two attached hydrogens (primary N) is 2. The molecule has 0 radical (unpaired) electrons. The second-order valence-corrected chi connectivity index (χ2v) is 6.34. The fourth-order valence-corrected chi connectivity index (χ4v) is 2.62. The second kappa shape index (κ2) is 7.77. The van der Waals surface area contributed by atoms with Gasteiger partial charge in [0.15, 0.2) is 0 Å². The smallest absolute Gasteiger partial charge is 0.138 e. The van der Waals surface area contributed by atoms with Gasteiger partial charge in [0.1, 0.15) is 11.5 Å². The van der Waals surface area contributed by atoms with E-state index in [0.29, 0.717) is 23.2 Å². The number of phenols is 1. The van der Waals surface area contributed by atoms with E-state index in [2.05, 4.69) is 26.0 Å². The highest BCUT2D eigenvalue weighted by Gasteiger charge is 2.13. The van der Waals surface area contributed by atoms with E-state index in [9.17, 15) is 10.2 Å². The lowest BCUT2D eigenvalue weighted by Gasteiger charge is -2.18. The number of rotatable bonds is 5. The van der Waals surface area contributed by atoms with Crippen LogP contribution in [0.3, 0.4) is 0 Å². The third-order valence-corrected chi connectivity index (χ3v) is 4.54. The van der Waals surface area contributed by atoms with Crippen molar-refractivity contribution in [2.45, 2.75) is 32.6 Å². The highest BCUT2D eigenvalue weighted by atomic mass is 16.3. The SMILES string of the molecule is CC(/C=C/CC1=CC=C(O)C(N)=CC1)C(C)c1ccc(O)c(N)c1. The molecule has 0 saturated carbocycles. The maximum Gasteiger partial charge on any atom is 0.138 e. The number of benzene rings is 1. The number of hydrogen-bond donors (Lipinski definition) is 4. The van der Waals surface area contributed by atoms with Crippen LogP contribution >= 0.6 is 0 Å². The topological polar surface area (TPSA) is 92.5 Å². The van der Waals surface area contributed by atoms with Gasteiger partial charge in [-0.05, 0) is 48.4 Å². The lowest BCUT2D eigenvalue weighted by molar-refractivity contribution is 0.422. The molecule has 0 aliphatic heterocycles. The molecule has 0 aromatic heterocycles. The Balaban J connectivity index is 1.97. The molecule has 0 bridgehead atoms. The zero-order valence-corrected chi connectivity index (χ0v) is 14.2. The van der Waals surface area contributed by atoms with Gasteiger partial charge in [-0.25, -0.2) is 0 Å². The third kappa shape index (κ3) is 4.44. The van der Waals surface area contributed by atoms with E-state index in [1.54, 1.807) is 12.1 Å². The Morgan fingerprint density at radius 1 is 1.17 bits per heavy atom. The molecule has 0 heterocycles. The number of nitrogen functional groups attached to an aromatic ring is 1. The summed E-state index contributed by atoms with van der Waals surface area (Å²) in [5.41, 5.74) is 14.6. The van der Waals surface area contributed by atoms with Crippen molar-refractivity contribution in [3.05, 3.63) is 71.2 Å². The monoisotopic (exact) mass is 326 g/mol. The fourth-order valence-electron chi connectivity index (χ4n) is 2.62. The number of aliphatic hydroxyl groups excluding tert-OH is 1. The minimum atomic E-state index is 0.123. The molecule has 1 aromatic rings. The Morgan fingerprint density at radius 3 is 2.62 bits per heavy atom. The van der Waals surface area contributed by atoms with E-state index < -0.39 is 0 Å². The molecule has 4 nitrogen and oxygen atoms in total. The first-order valence-electron chi connectivity index (χ1n) is 8.18. The number of hydrogen-bond acceptors (Lipinski definition) is 4. The number of aliphatic hydroxyl groups is 1. The maximum absolute atomic E-state index is 9.61. The van der Waals surface area contributed by atoms with E-state index in [-0.39, 0.29) is 11.5 Å². The van der Waals surface area contributed by atoms with Crippen molar-refractivity contribution < 1.29 is 10.2 Å². The van der Waals surface area contributed by atoms with Crippen LogP contribution in [0.5, 0.6) is 5.75 Å². The van der Waals surface area contributed by atoms with Gasteiger partial charge < -0.3 is 21.7 Å². The molecule has 0 amide bonds. The Hall–Kier alpha value is -2.62. The van der Waals surface area contributed by atoms with Crippen LogP contribution in [-0.2, 0) is 0 Å². The molecular weight excluding hydrogens is 300 g/mol. The zero-order chi connectivity index (χ0) is 17.7. The zero-order valence-electron chi connectivity index (χ0n) is 14.2. The molecule has 1 aliphatic carbocycles. The van der Waals surface area contributed by atoms with Gasteiger partial charge >= 0.3 is 0 Å². The van der Waals surface area contributed by atoms with Crippen LogP contribution in [-0.4, -0.2) is 10.2 Å². The highest BCUT2D eigenvalue weighted by molar-refractivity contribution is 5.54. The van der Waals surface area contributed by atoms with Gasteiger partial charge in [-0.15, -0.1) is 0 Å². The van der Waals surface area contributed by atoms with Gasteiger partial charge in [0.2, 0.25) is 0 Å². The average Bonchev–Trinajstić information content (AvgIpc) is 2.72. The fraction of sp³-hybridized carbons (Fsp3) is 0.300. The van der Waals surface area contributed by atoms with Gasteiger partial charge in [0.25, 0.3) is 0 Å². The standard InChI is InChI=1S/C20H26N2O2/c1-13(14(2)16-8-11-20(24)18(22)12-16)4-3-5-15-6-9-17(21)19(23)10-7-15/h3-4,7-14,23-24H,5-6,21-22H2,1-2H3/b4-3+. The van der Waals surface area contributed by atoms with Gasteiger partial charge in [0.05, 0.1) is 11.4 Å². The van der Waals surface area contributed by atoms with Crippen molar-refractivity contribution in [2.75, 3.05) is 5.73 Å². The van der Waals surface area contributed by atoms with Gasteiger partial charge in [0, 0.05) is 0 Å². The molecule has 2 atom stereocenters. The van der Waals surface area contributed by atoms with Crippen molar-refractivity contribution in [2.24, 2.45) is 11.7 Å². The van der Waals surface area contributed by atoms with Crippen LogP contribution in [0.15, 0.2) is 65.6 Å². The molecule has 0 saturated heterocycles. The predicted molar refractivity (Wildman–Crippen MR) is 99.5 cm³/mol. The summed E-state index contributed by atoms with van der Waals surface area (Å²) in [7, 11) is 0. The molecule has 0 spiro atoms. The van der Waals surface area contributed by atoms with Gasteiger partial charge in [-0.1, -0.05) is 49.8 Å². The summed E-state index contributed by atoms with van der Waals surface area (Å²) < 4.78 is 0. The maximum atomic E-state index is 9.61. The summed E-state index contributed by atoms with van der Waals surface area (Å²) in [6, 6.07) is 5.39. The van der Waals surface area contributed by atoms with Crippen LogP contribution in [0.4, 0.5) is 5.69 Å². The Bertz CT molecular complexity index is 714. The van der Waals surface area contributed by atoms with Crippen molar-refractivity contribution in [1.82, 2.24) is 0 Å². The van der Waals surface area contributed by atoms with Crippen LogP contribution in [0, 0.1) is 5.92 Å². The summed E-state index contributed by atoms with van der Waals surface area (Å²) in [6.07, 6.45) is 11.3. The molecular formula is C20H26N2O2. The predicted octanol–water partition coefficient (Wildman–Crippen LogP) is 4.27. The summed E-state index contributed by atoms with van der Waals surface area (Å²) in [5, 5.41) is 19.1. The van der Waals surface area contributed by atoms with Crippen molar-refractivity contribution >= 4 is 5.69 Å². The third-order valence-electron chi connectivity index (χ3n) is 4.54. The Kier molecular flexibility index (Phi) is 5.74. The van der Waals surface area contributed by atoms with E-state index in [1.165, 1.54) is 5.57 Å². The van der Waals surface area contributed by atoms with Gasteiger partial charge in [-0.3, -0.25) is 0 Å². The van der Waals surface area contributed by atoms with Crippen LogP contribution in [0.25, 0.3) is 0 Å². The molecule has 128 valence electrons. The summed E-state index contributed by atoms with van der Waals surface area (Å²) >= 11 is 0. The normalized spacial score (nSPS) is 17.7. The summed E-state index contributed by atoms with van der Waals surface area (Å²) in [4.78, 5) is 0. The van der Waals surface area contributed by atoms with Crippen molar-refractivity contribution in [3.63, 3.8) is 0 Å². The quantitative estimate of drug-likeness (QED) is 0.369. The number of anilines is 1. The largest absolute Gasteiger partial charge is 0.506 e. The van der Waals surface area contributed by atoms with Gasteiger partial charge in [-0.2, -0.15) is 0 Å².